The summed E-state index contributed by atoms with van der Waals surface area (Å²) in [6, 6.07) is 2.12. The van der Waals surface area contributed by atoms with Gasteiger partial charge >= 0.3 is 0 Å². The quantitative estimate of drug-likeness (QED) is 0.621. The maximum absolute atomic E-state index is 4.52. The highest BCUT2D eigenvalue weighted by atomic mass is 32.2. The molecule has 0 aliphatic rings. The third-order valence-electron chi connectivity index (χ3n) is 2.94. The highest BCUT2D eigenvalue weighted by molar-refractivity contribution is 7.98. The van der Waals surface area contributed by atoms with Crippen molar-refractivity contribution >= 4 is 34.7 Å². The number of aromatic nitrogens is 3. The van der Waals surface area contributed by atoms with E-state index in [2.05, 4.69) is 39.4 Å². The number of thiazole rings is 1. The molecule has 0 amide bonds. The standard InChI is InChI=1S/C14H21N5S2/c1-6-15-11-7-12(19-14(18-11)20-5)17-9(3)13-8(2)16-10(4)21-13/h7,9H,6H2,1-5H3,(H2,15,17,18,19). The Morgan fingerprint density at radius 3 is 2.52 bits per heavy atom. The van der Waals surface area contributed by atoms with Gasteiger partial charge in [-0.3, -0.25) is 0 Å². The van der Waals surface area contributed by atoms with E-state index < -0.39 is 0 Å². The minimum atomic E-state index is 0.176. The number of aryl methyl sites for hydroxylation is 2. The summed E-state index contributed by atoms with van der Waals surface area (Å²) in [6.07, 6.45) is 1.98. The smallest absolute Gasteiger partial charge is 0.191 e. The van der Waals surface area contributed by atoms with Gasteiger partial charge in [0, 0.05) is 17.5 Å². The van der Waals surface area contributed by atoms with Crippen molar-refractivity contribution in [2.75, 3.05) is 23.4 Å². The Bertz CT molecular complexity index is 611. The Kier molecular flexibility index (Phi) is 5.41. The van der Waals surface area contributed by atoms with Crippen LogP contribution in [0.15, 0.2) is 11.2 Å². The topological polar surface area (TPSA) is 62.7 Å². The van der Waals surface area contributed by atoms with Crippen LogP contribution in [0.1, 0.15) is 35.5 Å². The predicted molar refractivity (Wildman–Crippen MR) is 91.6 cm³/mol. The molecule has 0 fully saturated rings. The van der Waals surface area contributed by atoms with Crippen LogP contribution in [0.4, 0.5) is 11.6 Å². The molecule has 2 N–H and O–H groups in total. The van der Waals surface area contributed by atoms with E-state index in [0.717, 1.165) is 34.0 Å². The fourth-order valence-corrected chi connectivity index (χ4v) is 3.41. The third kappa shape index (κ3) is 4.07. The zero-order valence-corrected chi connectivity index (χ0v) is 14.7. The van der Waals surface area contributed by atoms with Gasteiger partial charge in [-0.15, -0.1) is 11.3 Å². The fourth-order valence-electron chi connectivity index (χ4n) is 2.10. The molecule has 0 bridgehead atoms. The minimum absolute atomic E-state index is 0.176. The first kappa shape index (κ1) is 16.0. The Hall–Kier alpha value is -1.34. The van der Waals surface area contributed by atoms with Crippen LogP contribution in [-0.4, -0.2) is 27.8 Å². The molecule has 0 aromatic carbocycles. The van der Waals surface area contributed by atoms with Crippen LogP contribution in [0.3, 0.4) is 0 Å². The van der Waals surface area contributed by atoms with Gasteiger partial charge in [0.1, 0.15) is 11.6 Å². The lowest BCUT2D eigenvalue weighted by atomic mass is 10.2. The summed E-state index contributed by atoms with van der Waals surface area (Å²) in [5, 5.41) is 8.55. The summed E-state index contributed by atoms with van der Waals surface area (Å²) >= 11 is 3.27. The predicted octanol–water partition coefficient (Wildman–Crippen LogP) is 3.88. The first-order valence-corrected chi connectivity index (χ1v) is 8.95. The minimum Gasteiger partial charge on any atom is -0.370 e. The van der Waals surface area contributed by atoms with Gasteiger partial charge in [-0.2, -0.15) is 0 Å². The number of hydrogen-bond donors (Lipinski definition) is 2. The molecule has 0 spiro atoms. The lowest BCUT2D eigenvalue weighted by Gasteiger charge is -2.15. The van der Waals surface area contributed by atoms with Gasteiger partial charge < -0.3 is 10.6 Å². The Balaban J connectivity index is 2.21. The number of nitrogens with one attached hydrogen (secondary N) is 2. The first-order valence-electron chi connectivity index (χ1n) is 6.90. The second-order valence-corrected chi connectivity index (χ2v) is 6.71. The molecule has 0 aliphatic heterocycles. The highest BCUT2D eigenvalue weighted by Crippen LogP contribution is 2.28. The molecule has 0 aliphatic carbocycles. The van der Waals surface area contributed by atoms with Crippen molar-refractivity contribution in [2.45, 2.75) is 38.9 Å². The average Bonchev–Trinajstić information content (AvgIpc) is 2.78. The van der Waals surface area contributed by atoms with Crippen LogP contribution >= 0.6 is 23.1 Å². The van der Waals surface area contributed by atoms with E-state index in [0.29, 0.717) is 0 Å². The Morgan fingerprint density at radius 2 is 1.95 bits per heavy atom. The molecule has 2 aromatic heterocycles. The van der Waals surface area contributed by atoms with Gasteiger partial charge in [-0.25, -0.2) is 15.0 Å². The number of hydrogen-bond acceptors (Lipinski definition) is 7. The summed E-state index contributed by atoms with van der Waals surface area (Å²) < 4.78 is 0. The van der Waals surface area contributed by atoms with Crippen LogP contribution in [0.2, 0.25) is 0 Å². The lowest BCUT2D eigenvalue weighted by molar-refractivity contribution is 0.860. The summed E-state index contributed by atoms with van der Waals surface area (Å²) in [5.41, 5.74) is 1.09. The third-order valence-corrected chi connectivity index (χ3v) is 4.75. The van der Waals surface area contributed by atoms with Gasteiger partial charge in [0.15, 0.2) is 5.16 Å². The van der Waals surface area contributed by atoms with Crippen LogP contribution in [-0.2, 0) is 0 Å². The molecule has 1 atom stereocenters. The monoisotopic (exact) mass is 323 g/mol. The van der Waals surface area contributed by atoms with Crippen molar-refractivity contribution in [3.05, 3.63) is 21.6 Å². The van der Waals surface area contributed by atoms with E-state index >= 15 is 0 Å². The van der Waals surface area contributed by atoms with E-state index in [-0.39, 0.29) is 6.04 Å². The number of anilines is 2. The van der Waals surface area contributed by atoms with E-state index in [1.807, 2.05) is 26.2 Å². The Labute approximate surface area is 134 Å². The molecule has 0 saturated heterocycles. The molecular weight excluding hydrogens is 302 g/mol. The summed E-state index contributed by atoms with van der Waals surface area (Å²) in [4.78, 5) is 14.7. The second-order valence-electron chi connectivity index (χ2n) is 4.70. The molecular formula is C14H21N5S2. The van der Waals surface area contributed by atoms with Crippen molar-refractivity contribution in [3.63, 3.8) is 0 Å². The molecule has 0 radical (unpaired) electrons. The van der Waals surface area contributed by atoms with E-state index in [4.69, 9.17) is 0 Å². The molecule has 114 valence electrons. The largest absolute Gasteiger partial charge is 0.370 e. The van der Waals surface area contributed by atoms with Crippen LogP contribution in [0, 0.1) is 13.8 Å². The first-order chi connectivity index (χ1) is 10.0. The van der Waals surface area contributed by atoms with E-state index in [1.54, 1.807) is 23.1 Å². The van der Waals surface area contributed by atoms with Crippen molar-refractivity contribution in [3.8, 4) is 0 Å². The average molecular weight is 323 g/mol. The van der Waals surface area contributed by atoms with E-state index in [1.165, 1.54) is 4.88 Å². The Morgan fingerprint density at radius 1 is 1.24 bits per heavy atom. The zero-order chi connectivity index (χ0) is 15.4. The van der Waals surface area contributed by atoms with Gasteiger partial charge in [-0.1, -0.05) is 11.8 Å². The number of nitrogens with zero attached hydrogens (tertiary/aromatic N) is 3. The maximum Gasteiger partial charge on any atom is 0.191 e. The van der Waals surface area contributed by atoms with Crippen molar-refractivity contribution in [2.24, 2.45) is 0 Å². The van der Waals surface area contributed by atoms with Crippen molar-refractivity contribution in [1.82, 2.24) is 15.0 Å². The zero-order valence-electron chi connectivity index (χ0n) is 13.0. The normalized spacial score (nSPS) is 12.2. The molecule has 0 saturated carbocycles. The molecule has 5 nitrogen and oxygen atoms in total. The summed E-state index contributed by atoms with van der Waals surface area (Å²) in [5.74, 6) is 1.69. The van der Waals surface area contributed by atoms with Gasteiger partial charge in [0.25, 0.3) is 0 Å². The molecule has 7 heteroatoms. The number of thioether (sulfide) groups is 1. The fraction of sp³-hybridized carbons (Fsp3) is 0.500. The van der Waals surface area contributed by atoms with Gasteiger partial charge in [0.05, 0.1) is 16.7 Å². The molecule has 2 rings (SSSR count). The summed E-state index contributed by atoms with van der Waals surface area (Å²) in [7, 11) is 0. The number of rotatable bonds is 6. The van der Waals surface area contributed by atoms with Crippen molar-refractivity contribution < 1.29 is 0 Å². The highest BCUT2D eigenvalue weighted by Gasteiger charge is 2.14. The van der Waals surface area contributed by atoms with Crippen LogP contribution < -0.4 is 10.6 Å². The van der Waals surface area contributed by atoms with E-state index in [9.17, 15) is 0 Å². The molecule has 2 aromatic rings. The summed E-state index contributed by atoms with van der Waals surface area (Å²) in [6.45, 7) is 9.11. The van der Waals surface area contributed by atoms with Gasteiger partial charge in [0.2, 0.25) is 0 Å². The maximum atomic E-state index is 4.52. The van der Waals surface area contributed by atoms with Gasteiger partial charge in [-0.05, 0) is 34.0 Å². The SMILES string of the molecule is CCNc1cc(NC(C)c2sc(C)nc2C)nc(SC)n1. The van der Waals surface area contributed by atoms with Crippen LogP contribution in [0.5, 0.6) is 0 Å². The lowest BCUT2D eigenvalue weighted by Crippen LogP contribution is -2.10. The molecule has 1 unspecified atom stereocenters. The van der Waals surface area contributed by atoms with Crippen molar-refractivity contribution in [1.29, 1.82) is 0 Å². The second kappa shape index (κ2) is 7.09. The molecule has 2 heterocycles. The van der Waals surface area contributed by atoms with Crippen LogP contribution in [0.25, 0.3) is 0 Å². The molecule has 21 heavy (non-hydrogen) atoms.